The first-order valence-electron chi connectivity index (χ1n) is 11.4. The van der Waals surface area contributed by atoms with Gasteiger partial charge in [0.1, 0.15) is 0 Å². The smallest absolute Gasteiger partial charge is 0.260 e. The van der Waals surface area contributed by atoms with E-state index in [4.69, 9.17) is 15.2 Å². The number of guanidine groups is 1. The highest BCUT2D eigenvalue weighted by Crippen LogP contribution is 2.36. The summed E-state index contributed by atoms with van der Waals surface area (Å²) >= 11 is 0. The van der Waals surface area contributed by atoms with E-state index in [0.29, 0.717) is 30.0 Å². The van der Waals surface area contributed by atoms with Crippen LogP contribution in [0.5, 0.6) is 11.5 Å². The Hall–Kier alpha value is -3.75. The molecular formula is C24H28N6O3. The highest BCUT2D eigenvalue weighted by atomic mass is 16.5. The second kappa shape index (κ2) is 9.01. The molecule has 1 unspecified atom stereocenters. The lowest BCUT2D eigenvalue weighted by molar-refractivity contribution is -0.134. The van der Waals surface area contributed by atoms with E-state index in [2.05, 4.69) is 15.3 Å². The molecule has 1 aromatic heterocycles. The first kappa shape index (κ1) is 21.1. The van der Waals surface area contributed by atoms with E-state index in [-0.39, 0.29) is 12.5 Å². The SMILES string of the molecule is CCOc1cc(C2N=C(N)Nc3nc4ccccc4n32)ccc1OCC(=O)N1CCCCC1. The summed E-state index contributed by atoms with van der Waals surface area (Å²) < 4.78 is 13.8. The molecule has 0 aliphatic carbocycles. The van der Waals surface area contributed by atoms with E-state index in [0.717, 1.165) is 42.5 Å². The molecule has 0 bridgehead atoms. The number of ether oxygens (including phenoxy) is 2. The average molecular weight is 449 g/mol. The minimum atomic E-state index is -0.406. The summed E-state index contributed by atoms with van der Waals surface area (Å²) in [7, 11) is 0. The molecule has 5 rings (SSSR count). The fourth-order valence-electron chi connectivity index (χ4n) is 4.39. The number of aromatic nitrogens is 2. The van der Waals surface area contributed by atoms with Crippen molar-refractivity contribution in [2.45, 2.75) is 32.4 Å². The molecule has 3 heterocycles. The molecule has 2 aromatic carbocycles. The number of nitrogens with zero attached hydrogens (tertiary/aromatic N) is 4. The highest BCUT2D eigenvalue weighted by molar-refractivity contribution is 5.94. The van der Waals surface area contributed by atoms with Gasteiger partial charge in [0, 0.05) is 18.7 Å². The molecule has 0 saturated carbocycles. The lowest BCUT2D eigenvalue weighted by atomic mass is 10.1. The van der Waals surface area contributed by atoms with Crippen LogP contribution in [0.4, 0.5) is 5.95 Å². The molecule has 1 amide bonds. The van der Waals surface area contributed by atoms with E-state index >= 15 is 0 Å². The van der Waals surface area contributed by atoms with Crippen LogP contribution in [-0.4, -0.2) is 52.6 Å². The van der Waals surface area contributed by atoms with Crippen molar-refractivity contribution in [3.05, 3.63) is 48.0 Å². The van der Waals surface area contributed by atoms with Gasteiger partial charge < -0.3 is 20.1 Å². The molecule has 3 N–H and O–H groups in total. The van der Waals surface area contributed by atoms with Gasteiger partial charge in [0.25, 0.3) is 5.91 Å². The van der Waals surface area contributed by atoms with Crippen LogP contribution in [-0.2, 0) is 4.79 Å². The van der Waals surface area contributed by atoms with Crippen molar-refractivity contribution in [2.24, 2.45) is 10.7 Å². The van der Waals surface area contributed by atoms with E-state index < -0.39 is 6.17 Å². The average Bonchev–Trinajstić information content (AvgIpc) is 3.21. The number of amides is 1. The molecule has 0 radical (unpaired) electrons. The summed E-state index contributed by atoms with van der Waals surface area (Å²) in [5, 5.41) is 3.05. The maximum absolute atomic E-state index is 12.5. The summed E-state index contributed by atoms with van der Waals surface area (Å²) in [6.07, 6.45) is 2.88. The Kier molecular flexibility index (Phi) is 5.77. The number of rotatable bonds is 6. The normalized spacial score (nSPS) is 17.8. The van der Waals surface area contributed by atoms with Gasteiger partial charge >= 0.3 is 0 Å². The zero-order chi connectivity index (χ0) is 22.8. The Labute approximate surface area is 192 Å². The number of hydrogen-bond donors (Lipinski definition) is 2. The van der Waals surface area contributed by atoms with Crippen molar-refractivity contribution >= 4 is 28.8 Å². The van der Waals surface area contributed by atoms with Gasteiger partial charge in [0.05, 0.1) is 17.6 Å². The number of fused-ring (bicyclic) bond motifs is 3. The van der Waals surface area contributed by atoms with Gasteiger partial charge in [-0.15, -0.1) is 0 Å². The van der Waals surface area contributed by atoms with Gasteiger partial charge in [-0.25, -0.2) is 9.98 Å². The van der Waals surface area contributed by atoms with Crippen LogP contribution in [0, 0.1) is 0 Å². The molecule has 2 aliphatic rings. The maximum Gasteiger partial charge on any atom is 0.260 e. The minimum Gasteiger partial charge on any atom is -0.490 e. The topological polar surface area (TPSA) is 107 Å². The number of carbonyl (C=O) groups excluding carboxylic acids is 1. The van der Waals surface area contributed by atoms with Gasteiger partial charge in [0.2, 0.25) is 5.95 Å². The Morgan fingerprint density at radius 1 is 1.12 bits per heavy atom. The van der Waals surface area contributed by atoms with Crippen molar-refractivity contribution in [1.82, 2.24) is 14.5 Å². The molecule has 33 heavy (non-hydrogen) atoms. The summed E-state index contributed by atoms with van der Waals surface area (Å²) in [6.45, 7) is 3.98. The minimum absolute atomic E-state index is 0.00578. The fourth-order valence-corrected chi connectivity index (χ4v) is 4.39. The monoisotopic (exact) mass is 448 g/mol. The lowest BCUT2D eigenvalue weighted by Gasteiger charge is -2.27. The molecular weight excluding hydrogens is 420 g/mol. The van der Waals surface area contributed by atoms with Crippen LogP contribution in [0.3, 0.4) is 0 Å². The molecule has 172 valence electrons. The molecule has 9 nitrogen and oxygen atoms in total. The molecule has 1 fully saturated rings. The summed E-state index contributed by atoms with van der Waals surface area (Å²) in [6, 6.07) is 13.5. The van der Waals surface area contributed by atoms with Crippen molar-refractivity contribution in [3.63, 3.8) is 0 Å². The third kappa shape index (κ3) is 4.18. The molecule has 2 aliphatic heterocycles. The Morgan fingerprint density at radius 3 is 2.76 bits per heavy atom. The Morgan fingerprint density at radius 2 is 1.94 bits per heavy atom. The number of anilines is 1. The van der Waals surface area contributed by atoms with Crippen LogP contribution in [0.1, 0.15) is 37.9 Å². The summed E-state index contributed by atoms with van der Waals surface area (Å²) in [5.41, 5.74) is 8.75. The van der Waals surface area contributed by atoms with Crippen molar-refractivity contribution in [3.8, 4) is 11.5 Å². The van der Waals surface area contributed by atoms with Crippen molar-refractivity contribution in [1.29, 1.82) is 0 Å². The second-order valence-corrected chi connectivity index (χ2v) is 8.18. The molecule has 0 spiro atoms. The third-order valence-electron chi connectivity index (χ3n) is 5.97. The first-order chi connectivity index (χ1) is 16.1. The quantitative estimate of drug-likeness (QED) is 0.600. The van der Waals surface area contributed by atoms with Crippen LogP contribution in [0.15, 0.2) is 47.5 Å². The predicted molar refractivity (Wildman–Crippen MR) is 127 cm³/mol. The lowest BCUT2D eigenvalue weighted by Crippen LogP contribution is -2.38. The van der Waals surface area contributed by atoms with Crippen LogP contribution in [0.2, 0.25) is 0 Å². The standard InChI is InChI=1S/C24H28N6O3/c1-2-32-20-14-16(10-11-19(20)33-15-21(31)29-12-6-3-7-13-29)22-27-23(25)28-24-26-17-8-4-5-9-18(17)30(22)24/h4-5,8-11,14,22H,2-3,6-7,12-13,15H2,1H3,(H3,25,26,27,28). The number of aliphatic imine (C=N–C) groups is 1. The zero-order valence-corrected chi connectivity index (χ0v) is 18.7. The number of nitrogens with one attached hydrogen (secondary N) is 1. The van der Waals surface area contributed by atoms with Crippen LogP contribution >= 0.6 is 0 Å². The van der Waals surface area contributed by atoms with E-state index in [9.17, 15) is 4.79 Å². The van der Waals surface area contributed by atoms with Gasteiger partial charge in [-0.3, -0.25) is 14.7 Å². The first-order valence-corrected chi connectivity index (χ1v) is 11.4. The largest absolute Gasteiger partial charge is 0.490 e. The van der Waals surface area contributed by atoms with Gasteiger partial charge in [-0.05, 0) is 50.5 Å². The molecule has 9 heteroatoms. The number of piperidine rings is 1. The number of nitrogens with two attached hydrogens (primary N) is 1. The third-order valence-corrected chi connectivity index (χ3v) is 5.97. The van der Waals surface area contributed by atoms with Crippen molar-refractivity contribution < 1.29 is 14.3 Å². The molecule has 1 saturated heterocycles. The maximum atomic E-state index is 12.5. The van der Waals surface area contributed by atoms with E-state index in [1.165, 1.54) is 6.42 Å². The zero-order valence-electron chi connectivity index (χ0n) is 18.7. The fraction of sp³-hybridized carbons (Fsp3) is 0.375. The van der Waals surface area contributed by atoms with Crippen molar-refractivity contribution in [2.75, 3.05) is 31.6 Å². The van der Waals surface area contributed by atoms with Gasteiger partial charge in [-0.2, -0.15) is 0 Å². The summed E-state index contributed by atoms with van der Waals surface area (Å²) in [4.78, 5) is 23.7. The van der Waals surface area contributed by atoms with E-state index in [1.54, 1.807) is 0 Å². The van der Waals surface area contributed by atoms with Crippen LogP contribution in [0.25, 0.3) is 11.0 Å². The van der Waals surface area contributed by atoms with E-state index in [1.807, 2.05) is 58.9 Å². The number of hydrogen-bond acceptors (Lipinski definition) is 7. The predicted octanol–water partition coefficient (Wildman–Crippen LogP) is 3.11. The highest BCUT2D eigenvalue weighted by Gasteiger charge is 2.26. The van der Waals surface area contributed by atoms with Gasteiger partial charge in [-0.1, -0.05) is 18.2 Å². The second-order valence-electron chi connectivity index (χ2n) is 8.18. The van der Waals surface area contributed by atoms with Gasteiger partial charge in [0.15, 0.2) is 30.2 Å². The Bertz CT molecular complexity index is 1200. The molecule has 1 atom stereocenters. The number of likely N-dealkylation sites (tertiary alicyclic amines) is 1. The van der Waals surface area contributed by atoms with Crippen LogP contribution < -0.4 is 20.5 Å². The number of benzene rings is 2. The molecule has 3 aromatic rings. The summed E-state index contributed by atoms with van der Waals surface area (Å²) in [5.74, 6) is 2.05. The number of imidazole rings is 1. The number of para-hydroxylation sites is 2. The Balaban J connectivity index is 1.43. The number of carbonyl (C=O) groups is 1.